The van der Waals surface area contributed by atoms with Gasteiger partial charge in [-0.25, -0.2) is 4.98 Å². The number of nitrogens with zero attached hydrogens (tertiary/aromatic N) is 3. The van der Waals surface area contributed by atoms with Gasteiger partial charge in [-0.2, -0.15) is 5.10 Å². The van der Waals surface area contributed by atoms with Gasteiger partial charge in [0.05, 0.1) is 6.10 Å². The minimum atomic E-state index is 0.453. The maximum atomic E-state index is 5.49. The number of ether oxygens (including phenoxy) is 1. The summed E-state index contributed by atoms with van der Waals surface area (Å²) < 4.78 is 7.34. The molecule has 1 fully saturated rings. The van der Waals surface area contributed by atoms with Crippen molar-refractivity contribution in [3.8, 4) is 0 Å². The van der Waals surface area contributed by atoms with Crippen molar-refractivity contribution in [3.05, 3.63) is 12.7 Å². The first-order chi connectivity index (χ1) is 5.95. The van der Waals surface area contributed by atoms with Gasteiger partial charge in [0.25, 0.3) is 0 Å². The molecule has 1 unspecified atom stereocenters. The fraction of sp³-hybridized carbons (Fsp3) is 0.750. The molecular weight excluding hydrogens is 154 g/mol. The van der Waals surface area contributed by atoms with E-state index in [-0.39, 0.29) is 0 Å². The molecule has 1 saturated heterocycles. The van der Waals surface area contributed by atoms with Crippen molar-refractivity contribution in [3.63, 3.8) is 0 Å². The lowest BCUT2D eigenvalue weighted by Crippen LogP contribution is -2.10. The van der Waals surface area contributed by atoms with E-state index in [2.05, 4.69) is 10.1 Å². The van der Waals surface area contributed by atoms with Crippen molar-refractivity contribution in [2.24, 2.45) is 0 Å². The first-order valence-electron chi connectivity index (χ1n) is 4.39. The lowest BCUT2D eigenvalue weighted by molar-refractivity contribution is 0.0994. The second kappa shape index (κ2) is 3.67. The van der Waals surface area contributed by atoms with E-state index in [9.17, 15) is 0 Å². The van der Waals surface area contributed by atoms with Crippen LogP contribution in [0.25, 0.3) is 0 Å². The Morgan fingerprint density at radius 3 is 3.25 bits per heavy atom. The molecule has 0 bridgehead atoms. The first kappa shape index (κ1) is 7.73. The molecule has 1 aromatic rings. The van der Waals surface area contributed by atoms with Gasteiger partial charge in [-0.15, -0.1) is 0 Å². The highest BCUT2D eigenvalue weighted by molar-refractivity contribution is 4.65. The minimum Gasteiger partial charge on any atom is -0.378 e. The van der Waals surface area contributed by atoms with Gasteiger partial charge in [-0.05, 0) is 19.3 Å². The number of aromatic nitrogens is 3. The summed E-state index contributed by atoms with van der Waals surface area (Å²) in [5.41, 5.74) is 0. The zero-order chi connectivity index (χ0) is 8.23. The number of hydrogen-bond acceptors (Lipinski definition) is 3. The largest absolute Gasteiger partial charge is 0.378 e. The predicted octanol–water partition coefficient (Wildman–Crippen LogP) is 0.847. The third-order valence-corrected chi connectivity index (χ3v) is 2.17. The van der Waals surface area contributed by atoms with Gasteiger partial charge < -0.3 is 4.74 Å². The molecule has 1 aliphatic rings. The average Bonchev–Trinajstić information content (AvgIpc) is 2.74. The van der Waals surface area contributed by atoms with E-state index in [0.29, 0.717) is 6.10 Å². The van der Waals surface area contributed by atoms with Gasteiger partial charge in [0, 0.05) is 13.2 Å². The van der Waals surface area contributed by atoms with E-state index in [1.54, 1.807) is 12.7 Å². The van der Waals surface area contributed by atoms with Gasteiger partial charge in [0.15, 0.2) is 0 Å². The molecule has 0 amide bonds. The molecule has 1 atom stereocenters. The van der Waals surface area contributed by atoms with Crippen LogP contribution in [0.2, 0.25) is 0 Å². The van der Waals surface area contributed by atoms with Crippen molar-refractivity contribution in [1.29, 1.82) is 0 Å². The van der Waals surface area contributed by atoms with Crippen LogP contribution in [-0.2, 0) is 11.3 Å². The van der Waals surface area contributed by atoms with Crippen molar-refractivity contribution >= 4 is 0 Å². The van der Waals surface area contributed by atoms with Gasteiger partial charge in [0.2, 0.25) is 0 Å². The quantitative estimate of drug-likeness (QED) is 0.670. The molecule has 0 spiro atoms. The Morgan fingerprint density at radius 1 is 1.58 bits per heavy atom. The second-order valence-electron chi connectivity index (χ2n) is 3.08. The molecule has 4 nitrogen and oxygen atoms in total. The highest BCUT2D eigenvalue weighted by Crippen LogP contribution is 2.15. The zero-order valence-electron chi connectivity index (χ0n) is 7.02. The maximum absolute atomic E-state index is 5.49. The molecule has 0 aromatic carbocycles. The Bertz CT molecular complexity index is 216. The Labute approximate surface area is 71.6 Å². The van der Waals surface area contributed by atoms with E-state index in [1.807, 2.05) is 4.68 Å². The van der Waals surface area contributed by atoms with Crippen LogP contribution < -0.4 is 0 Å². The molecule has 66 valence electrons. The summed E-state index contributed by atoms with van der Waals surface area (Å²) in [7, 11) is 0. The van der Waals surface area contributed by atoms with Crippen LogP contribution in [0.15, 0.2) is 12.7 Å². The summed E-state index contributed by atoms with van der Waals surface area (Å²) >= 11 is 0. The molecular formula is C8H13N3O. The van der Waals surface area contributed by atoms with Crippen LogP contribution in [0, 0.1) is 0 Å². The summed E-state index contributed by atoms with van der Waals surface area (Å²) in [5.74, 6) is 0. The van der Waals surface area contributed by atoms with Crippen molar-refractivity contribution < 1.29 is 4.74 Å². The summed E-state index contributed by atoms with van der Waals surface area (Å²) in [6.07, 6.45) is 7.24. The van der Waals surface area contributed by atoms with E-state index in [0.717, 1.165) is 19.6 Å². The van der Waals surface area contributed by atoms with Crippen LogP contribution in [0.4, 0.5) is 0 Å². The Balaban J connectivity index is 1.74. The molecule has 2 rings (SSSR count). The van der Waals surface area contributed by atoms with Crippen LogP contribution in [0.1, 0.15) is 19.3 Å². The molecule has 4 heteroatoms. The summed E-state index contributed by atoms with van der Waals surface area (Å²) in [6, 6.07) is 0. The molecule has 0 saturated carbocycles. The molecule has 2 heterocycles. The maximum Gasteiger partial charge on any atom is 0.137 e. The summed E-state index contributed by atoms with van der Waals surface area (Å²) in [4.78, 5) is 3.88. The third kappa shape index (κ3) is 1.82. The summed E-state index contributed by atoms with van der Waals surface area (Å²) in [6.45, 7) is 1.85. The monoisotopic (exact) mass is 167 g/mol. The lowest BCUT2D eigenvalue weighted by atomic mass is 10.2. The standard InChI is InChI=1S/C8H13N3O/c1-2-8(12-5-1)3-4-11-7-9-6-10-11/h6-8H,1-5H2. The molecule has 0 aliphatic carbocycles. The number of aryl methyl sites for hydroxylation is 1. The van der Waals surface area contributed by atoms with E-state index in [4.69, 9.17) is 4.74 Å². The topological polar surface area (TPSA) is 39.9 Å². The molecule has 0 radical (unpaired) electrons. The van der Waals surface area contributed by atoms with Crippen LogP contribution in [0.5, 0.6) is 0 Å². The van der Waals surface area contributed by atoms with Crippen LogP contribution in [0.3, 0.4) is 0 Å². The Kier molecular flexibility index (Phi) is 2.36. The fourth-order valence-electron chi connectivity index (χ4n) is 1.50. The van der Waals surface area contributed by atoms with Gasteiger partial charge >= 0.3 is 0 Å². The molecule has 1 aromatic heterocycles. The van der Waals surface area contributed by atoms with Crippen LogP contribution in [-0.4, -0.2) is 27.5 Å². The smallest absolute Gasteiger partial charge is 0.137 e. The zero-order valence-corrected chi connectivity index (χ0v) is 7.02. The number of rotatable bonds is 3. The third-order valence-electron chi connectivity index (χ3n) is 2.17. The van der Waals surface area contributed by atoms with E-state index >= 15 is 0 Å². The van der Waals surface area contributed by atoms with Crippen molar-refractivity contribution in [2.45, 2.75) is 31.9 Å². The van der Waals surface area contributed by atoms with Gasteiger partial charge in [-0.3, -0.25) is 4.68 Å². The van der Waals surface area contributed by atoms with Crippen LogP contribution >= 0.6 is 0 Å². The summed E-state index contributed by atoms with van der Waals surface area (Å²) in [5, 5.41) is 4.03. The Hall–Kier alpha value is -0.900. The predicted molar refractivity (Wildman–Crippen MR) is 43.6 cm³/mol. The highest BCUT2D eigenvalue weighted by Gasteiger charge is 2.14. The SMILES string of the molecule is c1ncn(CCC2CCCO2)n1. The number of hydrogen-bond donors (Lipinski definition) is 0. The highest BCUT2D eigenvalue weighted by atomic mass is 16.5. The molecule has 0 N–H and O–H groups in total. The van der Waals surface area contributed by atoms with E-state index < -0.39 is 0 Å². The lowest BCUT2D eigenvalue weighted by Gasteiger charge is -2.07. The van der Waals surface area contributed by atoms with Crippen molar-refractivity contribution in [2.75, 3.05) is 6.61 Å². The minimum absolute atomic E-state index is 0.453. The molecule has 1 aliphatic heterocycles. The fourth-order valence-corrected chi connectivity index (χ4v) is 1.50. The van der Waals surface area contributed by atoms with E-state index in [1.165, 1.54) is 12.8 Å². The van der Waals surface area contributed by atoms with Gasteiger partial charge in [-0.1, -0.05) is 0 Å². The molecule has 12 heavy (non-hydrogen) atoms. The first-order valence-corrected chi connectivity index (χ1v) is 4.39. The second-order valence-corrected chi connectivity index (χ2v) is 3.08. The average molecular weight is 167 g/mol. The Morgan fingerprint density at radius 2 is 2.58 bits per heavy atom. The van der Waals surface area contributed by atoms with Gasteiger partial charge in [0.1, 0.15) is 12.7 Å². The normalized spacial score (nSPS) is 23.2. The van der Waals surface area contributed by atoms with Crippen molar-refractivity contribution in [1.82, 2.24) is 14.8 Å².